The summed E-state index contributed by atoms with van der Waals surface area (Å²) in [7, 11) is 0. The molecule has 116 valence electrons. The van der Waals surface area contributed by atoms with Gasteiger partial charge in [0.1, 0.15) is 10.6 Å². The molecule has 1 aromatic heterocycles. The summed E-state index contributed by atoms with van der Waals surface area (Å²) in [6, 6.07) is 11.9. The molecule has 0 saturated carbocycles. The maximum atomic E-state index is 12.5. The fourth-order valence-corrected chi connectivity index (χ4v) is 3.07. The predicted octanol–water partition coefficient (Wildman–Crippen LogP) is 5.42. The van der Waals surface area contributed by atoms with Crippen molar-refractivity contribution in [1.82, 2.24) is 9.59 Å². The Labute approximate surface area is 151 Å². The second kappa shape index (κ2) is 6.84. The van der Waals surface area contributed by atoms with Crippen LogP contribution >= 0.6 is 46.3 Å². The lowest BCUT2D eigenvalue weighted by Gasteiger charge is -2.07. The minimum Gasteiger partial charge on any atom is -0.320 e. The first-order valence-corrected chi connectivity index (χ1v) is 8.30. The molecule has 0 aliphatic heterocycles. The maximum Gasteiger partial charge on any atom is 0.269 e. The Morgan fingerprint density at radius 1 is 1.00 bits per heavy atom. The van der Waals surface area contributed by atoms with Gasteiger partial charge in [-0.05, 0) is 41.9 Å². The number of benzene rings is 2. The number of rotatable bonds is 3. The fraction of sp³-hybridized carbons (Fsp3) is 0. The van der Waals surface area contributed by atoms with Crippen LogP contribution in [0.25, 0.3) is 11.3 Å². The van der Waals surface area contributed by atoms with Crippen molar-refractivity contribution in [2.45, 2.75) is 0 Å². The van der Waals surface area contributed by atoms with Crippen LogP contribution in [0.15, 0.2) is 42.5 Å². The van der Waals surface area contributed by atoms with Gasteiger partial charge < -0.3 is 5.32 Å². The number of nitrogens with one attached hydrogen (secondary N) is 1. The Balaban J connectivity index is 1.89. The number of carbonyl (C=O) groups excluding carboxylic acids is 1. The monoisotopic (exact) mass is 383 g/mol. The lowest BCUT2D eigenvalue weighted by Crippen LogP contribution is -2.11. The second-order valence-corrected chi connectivity index (χ2v) is 6.57. The molecule has 0 atom stereocenters. The molecular formula is C15H8Cl3N3OS. The molecule has 0 spiro atoms. The first-order chi connectivity index (χ1) is 11.0. The normalized spacial score (nSPS) is 10.6. The van der Waals surface area contributed by atoms with Gasteiger partial charge in [-0.15, -0.1) is 5.10 Å². The largest absolute Gasteiger partial charge is 0.320 e. The van der Waals surface area contributed by atoms with Crippen molar-refractivity contribution in [3.63, 3.8) is 0 Å². The van der Waals surface area contributed by atoms with Crippen molar-refractivity contribution in [1.29, 1.82) is 0 Å². The third kappa shape index (κ3) is 3.64. The smallest absolute Gasteiger partial charge is 0.269 e. The zero-order chi connectivity index (χ0) is 16.4. The van der Waals surface area contributed by atoms with Gasteiger partial charge in [0.2, 0.25) is 0 Å². The first-order valence-electron chi connectivity index (χ1n) is 6.39. The first kappa shape index (κ1) is 16.2. The van der Waals surface area contributed by atoms with E-state index in [4.69, 9.17) is 34.8 Å². The fourth-order valence-electron chi connectivity index (χ4n) is 1.91. The second-order valence-electron chi connectivity index (χ2n) is 4.54. The molecule has 23 heavy (non-hydrogen) atoms. The molecule has 0 radical (unpaired) electrons. The Morgan fingerprint density at radius 3 is 2.39 bits per heavy atom. The van der Waals surface area contributed by atoms with Crippen molar-refractivity contribution in [2.75, 3.05) is 5.32 Å². The molecule has 0 saturated heterocycles. The third-order valence-corrected chi connectivity index (χ3v) is 4.52. The van der Waals surface area contributed by atoms with Crippen molar-refractivity contribution >= 4 is 57.9 Å². The summed E-state index contributed by atoms with van der Waals surface area (Å²) in [4.78, 5) is 12.9. The van der Waals surface area contributed by atoms with Crippen LogP contribution in [0.1, 0.15) is 9.67 Å². The van der Waals surface area contributed by atoms with Crippen molar-refractivity contribution in [2.24, 2.45) is 0 Å². The van der Waals surface area contributed by atoms with Gasteiger partial charge in [-0.25, -0.2) is 0 Å². The van der Waals surface area contributed by atoms with Gasteiger partial charge in [0, 0.05) is 15.6 Å². The molecule has 2 aromatic carbocycles. The number of anilines is 1. The number of amides is 1. The highest BCUT2D eigenvalue weighted by Crippen LogP contribution is 2.29. The zero-order valence-corrected chi connectivity index (χ0v) is 14.5. The van der Waals surface area contributed by atoms with E-state index in [0.717, 1.165) is 17.1 Å². The highest BCUT2D eigenvalue weighted by Gasteiger charge is 2.18. The van der Waals surface area contributed by atoms with Crippen LogP contribution in [0.5, 0.6) is 0 Å². The molecule has 1 N–H and O–H groups in total. The molecule has 0 unspecified atom stereocenters. The van der Waals surface area contributed by atoms with Crippen LogP contribution in [0, 0.1) is 0 Å². The van der Waals surface area contributed by atoms with Crippen LogP contribution in [0.3, 0.4) is 0 Å². The predicted molar refractivity (Wildman–Crippen MR) is 94.8 cm³/mol. The van der Waals surface area contributed by atoms with E-state index in [1.165, 1.54) is 0 Å². The van der Waals surface area contributed by atoms with Crippen molar-refractivity contribution < 1.29 is 4.79 Å². The van der Waals surface area contributed by atoms with Gasteiger partial charge in [0.25, 0.3) is 5.91 Å². The molecule has 8 heteroatoms. The highest BCUT2D eigenvalue weighted by atomic mass is 35.5. The minimum absolute atomic E-state index is 0.339. The Kier molecular flexibility index (Phi) is 4.82. The average molecular weight is 385 g/mol. The minimum atomic E-state index is -0.339. The van der Waals surface area contributed by atoms with E-state index in [9.17, 15) is 4.79 Å². The van der Waals surface area contributed by atoms with E-state index in [1.807, 2.05) is 0 Å². The molecule has 1 amide bonds. The van der Waals surface area contributed by atoms with Crippen LogP contribution in [0.4, 0.5) is 5.69 Å². The molecule has 1 heterocycles. The van der Waals surface area contributed by atoms with Crippen LogP contribution in [-0.2, 0) is 0 Å². The Hall–Kier alpha value is -1.66. The summed E-state index contributed by atoms with van der Waals surface area (Å²) in [5.74, 6) is -0.339. The summed E-state index contributed by atoms with van der Waals surface area (Å²) in [5.41, 5.74) is 1.72. The summed E-state index contributed by atoms with van der Waals surface area (Å²) in [6.45, 7) is 0. The van der Waals surface area contributed by atoms with Gasteiger partial charge in [-0.3, -0.25) is 4.79 Å². The summed E-state index contributed by atoms with van der Waals surface area (Å²) in [5, 5.41) is 8.22. The van der Waals surface area contributed by atoms with Gasteiger partial charge >= 0.3 is 0 Å². The highest BCUT2D eigenvalue weighted by molar-refractivity contribution is 7.08. The third-order valence-electron chi connectivity index (χ3n) is 2.99. The maximum absolute atomic E-state index is 12.5. The quantitative estimate of drug-likeness (QED) is 0.656. The number of nitrogens with zero attached hydrogens (tertiary/aromatic N) is 2. The SMILES string of the molecule is O=C(Nc1ccc(Cl)cc1Cl)c1snnc1-c1ccc(Cl)cc1. The number of aromatic nitrogens is 2. The van der Waals surface area contributed by atoms with Gasteiger partial charge in [-0.2, -0.15) is 0 Å². The molecule has 4 nitrogen and oxygen atoms in total. The summed E-state index contributed by atoms with van der Waals surface area (Å²) in [6.07, 6.45) is 0. The topological polar surface area (TPSA) is 54.9 Å². The zero-order valence-electron chi connectivity index (χ0n) is 11.4. The van der Waals surface area contributed by atoms with Crippen molar-refractivity contribution in [3.05, 3.63) is 62.4 Å². The van der Waals surface area contributed by atoms with Gasteiger partial charge in [0.05, 0.1) is 10.7 Å². The number of carbonyl (C=O) groups is 1. The average Bonchev–Trinajstić information content (AvgIpc) is 3.00. The molecule has 0 bridgehead atoms. The summed E-state index contributed by atoms with van der Waals surface area (Å²) < 4.78 is 3.86. The van der Waals surface area contributed by atoms with Gasteiger partial charge in [-0.1, -0.05) is 51.4 Å². The van der Waals surface area contributed by atoms with Crippen LogP contribution < -0.4 is 5.32 Å². The van der Waals surface area contributed by atoms with E-state index in [2.05, 4.69) is 14.9 Å². The van der Waals surface area contributed by atoms with E-state index in [0.29, 0.717) is 31.3 Å². The molecule has 3 aromatic rings. The lowest BCUT2D eigenvalue weighted by molar-refractivity contribution is 0.103. The molecule has 0 fully saturated rings. The van der Waals surface area contributed by atoms with Crippen molar-refractivity contribution in [3.8, 4) is 11.3 Å². The number of hydrogen-bond donors (Lipinski definition) is 1. The molecule has 0 aliphatic rings. The van der Waals surface area contributed by atoms with E-state index in [1.54, 1.807) is 42.5 Å². The summed E-state index contributed by atoms with van der Waals surface area (Å²) >= 11 is 18.8. The van der Waals surface area contributed by atoms with Gasteiger partial charge in [0.15, 0.2) is 0 Å². The Morgan fingerprint density at radius 2 is 1.70 bits per heavy atom. The number of hydrogen-bond acceptors (Lipinski definition) is 4. The lowest BCUT2D eigenvalue weighted by atomic mass is 10.1. The molecular weight excluding hydrogens is 377 g/mol. The Bertz CT molecular complexity index is 865. The van der Waals surface area contributed by atoms with E-state index in [-0.39, 0.29) is 5.91 Å². The molecule has 3 rings (SSSR count). The van der Waals surface area contributed by atoms with E-state index >= 15 is 0 Å². The standard InChI is InChI=1S/C15H8Cl3N3OS/c16-9-3-1-8(2-4-9)13-14(23-21-20-13)15(22)19-12-6-5-10(17)7-11(12)18/h1-7H,(H,19,22). The van der Waals surface area contributed by atoms with E-state index < -0.39 is 0 Å². The van der Waals surface area contributed by atoms with Crippen LogP contribution in [0.2, 0.25) is 15.1 Å². The number of halogens is 3. The van der Waals surface area contributed by atoms with Crippen LogP contribution in [-0.4, -0.2) is 15.5 Å². The molecule has 0 aliphatic carbocycles.